The third kappa shape index (κ3) is 6.89. The third-order valence-electron chi connectivity index (χ3n) is 7.36. The lowest BCUT2D eigenvalue weighted by molar-refractivity contribution is 0.424. The topological polar surface area (TPSA) is 142 Å². The molecule has 0 atom stereocenters. The van der Waals surface area contributed by atoms with Crippen molar-refractivity contribution in [3.8, 4) is 0 Å². The molecule has 10 nitrogen and oxygen atoms in total. The summed E-state index contributed by atoms with van der Waals surface area (Å²) in [4.78, 5) is 18.1. The van der Waals surface area contributed by atoms with Crippen LogP contribution in [-0.4, -0.2) is 63.4 Å². The van der Waals surface area contributed by atoms with E-state index in [1.54, 1.807) is 36.7 Å². The van der Waals surface area contributed by atoms with E-state index in [2.05, 4.69) is 56.8 Å². The van der Waals surface area contributed by atoms with E-state index < -0.39 is 14.2 Å². The predicted molar refractivity (Wildman–Crippen MR) is 174 cm³/mol. The lowest BCUT2D eigenvalue weighted by Crippen LogP contribution is -2.29. The number of aromatic nitrogens is 6. The zero-order valence-corrected chi connectivity index (χ0v) is 25.3. The van der Waals surface area contributed by atoms with Gasteiger partial charge in [0, 0.05) is 30.8 Å². The van der Waals surface area contributed by atoms with Crippen molar-refractivity contribution in [2.45, 2.75) is 52.6 Å². The first-order valence-electron chi connectivity index (χ1n) is 14.6. The summed E-state index contributed by atoms with van der Waals surface area (Å²) in [5, 5.41) is 36.6. The third-order valence-corrected chi connectivity index (χ3v) is 7.36. The zero-order valence-electron chi connectivity index (χ0n) is 25.3. The van der Waals surface area contributed by atoms with Crippen LogP contribution in [0, 0.1) is 0 Å². The molecule has 6 rings (SSSR count). The van der Waals surface area contributed by atoms with Crippen LogP contribution in [-0.2, 0) is 13.1 Å². The Morgan fingerprint density at radius 1 is 0.614 bits per heavy atom. The molecule has 6 aromatic rings. The Hall–Kier alpha value is -4.35. The number of benzene rings is 2. The van der Waals surface area contributed by atoms with Gasteiger partial charge in [0.2, 0.25) is 0 Å². The SMILES string of the molecule is CC(C)c1nc2cccnc2n1Cc1ccc(B(O)O)cc1.CC(C)c1nc2ncccc2n1Cc1ccc(B(O)O)cc1. The van der Waals surface area contributed by atoms with Crippen LogP contribution in [0.15, 0.2) is 85.2 Å². The molecule has 0 saturated heterocycles. The normalized spacial score (nSPS) is 11.3. The summed E-state index contributed by atoms with van der Waals surface area (Å²) in [6, 6.07) is 22.3. The maximum atomic E-state index is 9.16. The van der Waals surface area contributed by atoms with Gasteiger partial charge in [-0.05, 0) is 46.3 Å². The van der Waals surface area contributed by atoms with Crippen molar-refractivity contribution in [1.29, 1.82) is 0 Å². The van der Waals surface area contributed by atoms with Gasteiger partial charge in [-0.25, -0.2) is 19.9 Å². The van der Waals surface area contributed by atoms with Crippen LogP contribution in [0.5, 0.6) is 0 Å². The molecule has 0 bridgehead atoms. The standard InChI is InChI=1S/2C16H18BN3O2/c1-11(2)16-19-15-14(4-3-9-18-15)20(16)10-12-5-7-13(8-6-12)17(21)22;1-11(2)15-19-14-4-3-9-18-16(14)20(15)10-12-5-7-13(8-6-12)17(21)22/h2*3-9,11,21-22H,10H2,1-2H3. The van der Waals surface area contributed by atoms with Gasteiger partial charge in [-0.2, -0.15) is 0 Å². The zero-order chi connectivity index (χ0) is 31.4. The summed E-state index contributed by atoms with van der Waals surface area (Å²) in [7, 11) is -2.87. The fourth-order valence-corrected chi connectivity index (χ4v) is 5.11. The Labute approximate surface area is 257 Å². The highest BCUT2D eigenvalue weighted by Crippen LogP contribution is 2.23. The van der Waals surface area contributed by atoms with Crippen molar-refractivity contribution in [2.24, 2.45) is 0 Å². The van der Waals surface area contributed by atoms with Crippen molar-refractivity contribution in [2.75, 3.05) is 0 Å². The average molecular weight is 590 g/mol. The quantitative estimate of drug-likeness (QED) is 0.198. The first-order valence-corrected chi connectivity index (χ1v) is 14.6. The molecule has 0 fully saturated rings. The van der Waals surface area contributed by atoms with Crippen LogP contribution >= 0.6 is 0 Å². The fourth-order valence-electron chi connectivity index (χ4n) is 5.11. The number of pyridine rings is 2. The summed E-state index contributed by atoms with van der Waals surface area (Å²) in [5.74, 6) is 2.60. The number of hydrogen-bond acceptors (Lipinski definition) is 8. The molecule has 4 aromatic heterocycles. The Morgan fingerprint density at radius 2 is 1.11 bits per heavy atom. The molecule has 0 spiro atoms. The van der Waals surface area contributed by atoms with Crippen LogP contribution in [0.1, 0.15) is 62.3 Å². The highest BCUT2D eigenvalue weighted by molar-refractivity contribution is 6.58. The van der Waals surface area contributed by atoms with Gasteiger partial charge in [0.1, 0.15) is 17.2 Å². The average Bonchev–Trinajstić information content (AvgIpc) is 3.57. The Morgan fingerprint density at radius 3 is 1.66 bits per heavy atom. The molecule has 2 aromatic carbocycles. The lowest BCUT2D eigenvalue weighted by Gasteiger charge is -2.12. The summed E-state index contributed by atoms with van der Waals surface area (Å²) in [6.45, 7) is 9.79. The molecular weight excluding hydrogens is 554 g/mol. The number of nitrogens with zero attached hydrogens (tertiary/aromatic N) is 6. The summed E-state index contributed by atoms with van der Waals surface area (Å²) in [6.07, 6.45) is 3.52. The van der Waals surface area contributed by atoms with E-state index in [1.165, 1.54) is 0 Å². The van der Waals surface area contributed by atoms with E-state index in [0.717, 1.165) is 45.1 Å². The van der Waals surface area contributed by atoms with E-state index in [1.807, 2.05) is 48.5 Å². The van der Waals surface area contributed by atoms with Crippen LogP contribution in [0.2, 0.25) is 0 Å². The Bertz CT molecular complexity index is 1700. The number of imidazole rings is 2. The van der Waals surface area contributed by atoms with Gasteiger partial charge in [-0.1, -0.05) is 76.2 Å². The molecular formula is C32H36B2N6O4. The van der Waals surface area contributed by atoms with E-state index in [0.29, 0.717) is 35.9 Å². The molecule has 0 aliphatic carbocycles. The summed E-state index contributed by atoms with van der Waals surface area (Å²) < 4.78 is 4.28. The number of hydrogen-bond donors (Lipinski definition) is 4. The van der Waals surface area contributed by atoms with Crippen LogP contribution in [0.25, 0.3) is 22.3 Å². The maximum Gasteiger partial charge on any atom is 0.488 e. The van der Waals surface area contributed by atoms with Gasteiger partial charge < -0.3 is 29.2 Å². The summed E-state index contributed by atoms with van der Waals surface area (Å²) >= 11 is 0. The molecule has 0 radical (unpaired) electrons. The second-order valence-electron chi connectivity index (χ2n) is 11.3. The molecule has 224 valence electrons. The van der Waals surface area contributed by atoms with E-state index >= 15 is 0 Å². The highest BCUT2D eigenvalue weighted by Gasteiger charge is 2.17. The largest absolute Gasteiger partial charge is 0.488 e. The van der Waals surface area contributed by atoms with Crippen molar-refractivity contribution in [3.63, 3.8) is 0 Å². The van der Waals surface area contributed by atoms with Gasteiger partial charge in [0.05, 0.1) is 12.1 Å². The molecule has 0 aliphatic heterocycles. The molecule has 0 unspecified atom stereocenters. The van der Waals surface area contributed by atoms with Crippen molar-refractivity contribution >= 4 is 47.5 Å². The van der Waals surface area contributed by atoms with Crippen molar-refractivity contribution in [3.05, 3.63) is 108 Å². The number of rotatable bonds is 8. The molecule has 0 aliphatic rings. The molecule has 12 heteroatoms. The summed E-state index contributed by atoms with van der Waals surface area (Å²) in [5.41, 5.74) is 6.66. The minimum atomic E-state index is -1.43. The second-order valence-corrected chi connectivity index (χ2v) is 11.3. The van der Waals surface area contributed by atoms with Crippen LogP contribution in [0.3, 0.4) is 0 Å². The Kier molecular flexibility index (Phi) is 9.55. The van der Waals surface area contributed by atoms with Crippen molar-refractivity contribution in [1.82, 2.24) is 29.1 Å². The number of fused-ring (bicyclic) bond motifs is 2. The minimum absolute atomic E-state index is 0.299. The van der Waals surface area contributed by atoms with Gasteiger partial charge in [0.15, 0.2) is 11.3 Å². The monoisotopic (exact) mass is 590 g/mol. The predicted octanol–water partition coefficient (Wildman–Crippen LogP) is 2.57. The van der Waals surface area contributed by atoms with Gasteiger partial charge >= 0.3 is 14.2 Å². The first-order chi connectivity index (χ1) is 21.1. The molecule has 0 amide bonds. The molecule has 4 heterocycles. The van der Waals surface area contributed by atoms with Gasteiger partial charge in [0.25, 0.3) is 0 Å². The van der Waals surface area contributed by atoms with E-state index in [-0.39, 0.29) is 0 Å². The van der Waals surface area contributed by atoms with Gasteiger partial charge in [-0.15, -0.1) is 0 Å². The second kappa shape index (κ2) is 13.5. The first kappa shape index (κ1) is 31.1. The molecule has 0 saturated carbocycles. The highest BCUT2D eigenvalue weighted by atomic mass is 16.4. The van der Waals surface area contributed by atoms with Crippen LogP contribution < -0.4 is 10.9 Å². The van der Waals surface area contributed by atoms with Gasteiger partial charge in [-0.3, -0.25) is 0 Å². The van der Waals surface area contributed by atoms with Crippen molar-refractivity contribution < 1.29 is 20.1 Å². The molecule has 4 N–H and O–H groups in total. The Balaban J connectivity index is 0.000000175. The maximum absolute atomic E-state index is 9.16. The van der Waals surface area contributed by atoms with E-state index in [9.17, 15) is 0 Å². The molecule has 44 heavy (non-hydrogen) atoms. The fraction of sp³-hybridized carbons (Fsp3) is 0.250. The van der Waals surface area contributed by atoms with E-state index in [4.69, 9.17) is 20.1 Å². The minimum Gasteiger partial charge on any atom is -0.423 e. The smallest absolute Gasteiger partial charge is 0.423 e. The lowest BCUT2D eigenvalue weighted by atomic mass is 9.80. The van der Waals surface area contributed by atoms with Crippen LogP contribution in [0.4, 0.5) is 0 Å².